The number of ketones is 1. The minimum absolute atomic E-state index is 0.227. The van der Waals surface area contributed by atoms with E-state index in [4.69, 9.17) is 4.74 Å². The summed E-state index contributed by atoms with van der Waals surface area (Å²) in [5.41, 5.74) is 0. The molecule has 1 saturated carbocycles. The average Bonchev–Trinajstić information content (AvgIpc) is 2.05. The van der Waals surface area contributed by atoms with Crippen molar-refractivity contribution in [2.45, 2.75) is 45.6 Å². The van der Waals surface area contributed by atoms with Crippen LogP contribution in [-0.4, -0.2) is 18.5 Å². The van der Waals surface area contributed by atoms with Gasteiger partial charge in [0, 0.05) is 18.9 Å². The second kappa shape index (κ2) is 4.61. The zero-order valence-corrected chi connectivity index (χ0v) is 8.01. The number of hydrogen-bond donors (Lipinski definition) is 0. The monoisotopic (exact) mass is 170 g/mol. The molecule has 0 saturated heterocycles. The molecule has 0 aromatic heterocycles. The fraction of sp³-hybridized carbons (Fsp3) is 0.900. The molecule has 0 radical (unpaired) electrons. The highest BCUT2D eigenvalue weighted by Crippen LogP contribution is 2.30. The molecule has 2 heteroatoms. The molecule has 0 spiro atoms. The van der Waals surface area contributed by atoms with E-state index >= 15 is 0 Å². The molecular formula is C10H18O2. The number of hydrogen-bond acceptors (Lipinski definition) is 2. The third kappa shape index (κ3) is 2.07. The van der Waals surface area contributed by atoms with Gasteiger partial charge in [0.1, 0.15) is 5.78 Å². The Labute approximate surface area is 74.3 Å². The van der Waals surface area contributed by atoms with Crippen LogP contribution in [-0.2, 0) is 9.53 Å². The highest BCUT2D eigenvalue weighted by atomic mass is 16.5. The first-order valence-corrected chi connectivity index (χ1v) is 4.93. The van der Waals surface area contributed by atoms with Gasteiger partial charge in [-0.25, -0.2) is 0 Å². The van der Waals surface area contributed by atoms with Crippen molar-refractivity contribution in [2.24, 2.45) is 5.92 Å². The van der Waals surface area contributed by atoms with Gasteiger partial charge in [-0.2, -0.15) is 0 Å². The summed E-state index contributed by atoms with van der Waals surface area (Å²) in [6.07, 6.45) is 4.25. The number of Topliss-reactive ketones (excluding diaryl/α,β-unsaturated/α-hetero) is 1. The molecule has 2 atom stereocenters. The van der Waals surface area contributed by atoms with Crippen LogP contribution in [0.5, 0.6) is 0 Å². The lowest BCUT2D eigenvalue weighted by Gasteiger charge is -2.34. The van der Waals surface area contributed by atoms with Crippen LogP contribution in [0.3, 0.4) is 0 Å². The molecule has 1 rings (SSSR count). The van der Waals surface area contributed by atoms with E-state index < -0.39 is 0 Å². The lowest BCUT2D eigenvalue weighted by Crippen LogP contribution is -2.43. The molecule has 1 fully saturated rings. The van der Waals surface area contributed by atoms with Crippen molar-refractivity contribution in [3.63, 3.8) is 0 Å². The Kier molecular flexibility index (Phi) is 3.73. The summed E-state index contributed by atoms with van der Waals surface area (Å²) < 4.78 is 5.44. The Morgan fingerprint density at radius 1 is 1.50 bits per heavy atom. The molecule has 0 aromatic carbocycles. The van der Waals surface area contributed by atoms with Crippen molar-refractivity contribution in [3.8, 4) is 0 Å². The maximum absolute atomic E-state index is 11.1. The minimum atomic E-state index is 0.227. The van der Waals surface area contributed by atoms with Gasteiger partial charge in [0.2, 0.25) is 0 Å². The normalized spacial score (nSPS) is 28.7. The summed E-state index contributed by atoms with van der Waals surface area (Å²) in [4.78, 5) is 11.1. The predicted molar refractivity (Wildman–Crippen MR) is 48.1 cm³/mol. The number of unbranched alkanes of at least 4 members (excludes halogenated alkanes) is 1. The standard InChI is InChI=1S/C10H18O2/c1-3-5-6-8-9(11)7-10(8)12-4-2/h8,10H,3-7H2,1-2H3/t8-,10-/m1/s1. The van der Waals surface area contributed by atoms with Crippen molar-refractivity contribution in [3.05, 3.63) is 0 Å². The summed E-state index contributed by atoms with van der Waals surface area (Å²) in [5, 5.41) is 0. The van der Waals surface area contributed by atoms with E-state index in [-0.39, 0.29) is 12.0 Å². The van der Waals surface area contributed by atoms with E-state index in [0.29, 0.717) is 12.2 Å². The van der Waals surface area contributed by atoms with Crippen molar-refractivity contribution >= 4 is 5.78 Å². The highest BCUT2D eigenvalue weighted by Gasteiger charge is 2.39. The van der Waals surface area contributed by atoms with Gasteiger partial charge in [0.15, 0.2) is 0 Å². The molecule has 1 aliphatic carbocycles. The molecule has 2 nitrogen and oxygen atoms in total. The zero-order chi connectivity index (χ0) is 8.97. The van der Waals surface area contributed by atoms with Crippen LogP contribution in [0.2, 0.25) is 0 Å². The first-order valence-electron chi connectivity index (χ1n) is 4.93. The molecular weight excluding hydrogens is 152 g/mol. The van der Waals surface area contributed by atoms with Gasteiger partial charge in [-0.15, -0.1) is 0 Å². The second-order valence-corrected chi connectivity index (χ2v) is 3.41. The van der Waals surface area contributed by atoms with Crippen LogP contribution in [0, 0.1) is 5.92 Å². The maximum Gasteiger partial charge on any atom is 0.141 e. The summed E-state index contributed by atoms with van der Waals surface area (Å²) in [6.45, 7) is 4.87. The maximum atomic E-state index is 11.1. The van der Waals surface area contributed by atoms with E-state index in [1.165, 1.54) is 6.42 Å². The zero-order valence-electron chi connectivity index (χ0n) is 8.01. The van der Waals surface area contributed by atoms with E-state index in [0.717, 1.165) is 19.4 Å². The van der Waals surface area contributed by atoms with Gasteiger partial charge in [0.25, 0.3) is 0 Å². The van der Waals surface area contributed by atoms with E-state index in [2.05, 4.69) is 6.92 Å². The lowest BCUT2D eigenvalue weighted by molar-refractivity contribution is -0.145. The molecule has 70 valence electrons. The Balaban J connectivity index is 2.24. The van der Waals surface area contributed by atoms with E-state index in [1.807, 2.05) is 6.92 Å². The summed E-state index contributed by atoms with van der Waals surface area (Å²) in [7, 11) is 0. The Bertz CT molecular complexity index is 154. The number of carbonyl (C=O) groups is 1. The first-order chi connectivity index (χ1) is 5.79. The Morgan fingerprint density at radius 2 is 2.25 bits per heavy atom. The van der Waals surface area contributed by atoms with Crippen molar-refractivity contribution in [1.82, 2.24) is 0 Å². The molecule has 0 unspecified atom stereocenters. The number of ether oxygens (including phenoxy) is 1. The quantitative estimate of drug-likeness (QED) is 0.632. The molecule has 12 heavy (non-hydrogen) atoms. The molecule has 0 amide bonds. The average molecular weight is 170 g/mol. The molecule has 0 N–H and O–H groups in total. The highest BCUT2D eigenvalue weighted by molar-refractivity contribution is 5.88. The van der Waals surface area contributed by atoms with Gasteiger partial charge in [-0.05, 0) is 13.3 Å². The molecule has 0 heterocycles. The van der Waals surface area contributed by atoms with Crippen molar-refractivity contribution < 1.29 is 9.53 Å². The van der Waals surface area contributed by atoms with Gasteiger partial charge < -0.3 is 4.74 Å². The summed E-state index contributed by atoms with van der Waals surface area (Å²) in [5.74, 6) is 0.631. The number of rotatable bonds is 5. The molecule has 0 aliphatic heterocycles. The minimum Gasteiger partial charge on any atom is -0.377 e. The second-order valence-electron chi connectivity index (χ2n) is 3.41. The van der Waals surface area contributed by atoms with E-state index in [9.17, 15) is 4.79 Å². The predicted octanol–water partition coefficient (Wildman–Crippen LogP) is 2.17. The molecule has 0 aromatic rings. The lowest BCUT2D eigenvalue weighted by atomic mass is 9.77. The first kappa shape index (κ1) is 9.72. The third-order valence-electron chi connectivity index (χ3n) is 2.51. The smallest absolute Gasteiger partial charge is 0.141 e. The topological polar surface area (TPSA) is 26.3 Å². The van der Waals surface area contributed by atoms with Gasteiger partial charge in [-0.3, -0.25) is 4.79 Å². The Hall–Kier alpha value is -0.370. The number of carbonyl (C=O) groups excluding carboxylic acids is 1. The van der Waals surface area contributed by atoms with Crippen LogP contribution in [0.4, 0.5) is 0 Å². The molecule has 1 aliphatic rings. The van der Waals surface area contributed by atoms with Crippen LogP contribution < -0.4 is 0 Å². The molecule has 0 bridgehead atoms. The van der Waals surface area contributed by atoms with E-state index in [1.54, 1.807) is 0 Å². The van der Waals surface area contributed by atoms with Crippen LogP contribution >= 0.6 is 0 Å². The van der Waals surface area contributed by atoms with Crippen molar-refractivity contribution in [2.75, 3.05) is 6.61 Å². The van der Waals surface area contributed by atoms with Crippen LogP contribution in [0.15, 0.2) is 0 Å². The van der Waals surface area contributed by atoms with Crippen molar-refractivity contribution in [1.29, 1.82) is 0 Å². The fourth-order valence-corrected chi connectivity index (χ4v) is 1.70. The van der Waals surface area contributed by atoms with Gasteiger partial charge >= 0.3 is 0 Å². The van der Waals surface area contributed by atoms with Gasteiger partial charge in [0.05, 0.1) is 6.10 Å². The fourth-order valence-electron chi connectivity index (χ4n) is 1.70. The Morgan fingerprint density at radius 3 is 2.75 bits per heavy atom. The van der Waals surface area contributed by atoms with Crippen LogP contribution in [0.1, 0.15) is 39.5 Å². The third-order valence-corrected chi connectivity index (χ3v) is 2.51. The SMILES string of the molecule is CCCC[C@@H]1C(=O)C[C@H]1OCC. The van der Waals surface area contributed by atoms with Gasteiger partial charge in [-0.1, -0.05) is 19.8 Å². The summed E-state index contributed by atoms with van der Waals surface area (Å²) in [6, 6.07) is 0. The van der Waals surface area contributed by atoms with Crippen LogP contribution in [0.25, 0.3) is 0 Å². The summed E-state index contributed by atoms with van der Waals surface area (Å²) >= 11 is 0. The largest absolute Gasteiger partial charge is 0.377 e.